The number of benzene rings is 3. The first-order valence-electron chi connectivity index (χ1n) is 19.9. The molecule has 3 aromatic carbocycles. The van der Waals surface area contributed by atoms with E-state index in [1.165, 1.54) is 34.3 Å². The maximum atomic E-state index is 13.8. The van der Waals surface area contributed by atoms with Gasteiger partial charge in [-0.2, -0.15) is 8.42 Å². The molecule has 55 heavy (non-hydrogen) atoms. The Bertz CT molecular complexity index is 2360. The molecule has 0 bridgehead atoms. The van der Waals surface area contributed by atoms with Gasteiger partial charge in [-0.3, -0.25) is 4.55 Å². The zero-order chi connectivity index (χ0) is 38.5. The summed E-state index contributed by atoms with van der Waals surface area (Å²) >= 11 is 0. The van der Waals surface area contributed by atoms with E-state index in [9.17, 15) is 21.4 Å². The van der Waals surface area contributed by atoms with Gasteiger partial charge in [-0.25, -0.2) is 17.7 Å². The van der Waals surface area contributed by atoms with Crippen molar-refractivity contribution >= 4 is 40.2 Å². The largest absolute Gasteiger partial charge is 0.500 e. The first kappa shape index (κ1) is 38.7. The van der Waals surface area contributed by atoms with Gasteiger partial charge in [0.25, 0.3) is 10.1 Å². The van der Waals surface area contributed by atoms with Crippen LogP contribution < -0.4 is 29.5 Å². The summed E-state index contributed by atoms with van der Waals surface area (Å²) in [6.45, 7) is 10.8. The van der Waals surface area contributed by atoms with Crippen LogP contribution in [0.2, 0.25) is 6.04 Å². The number of ether oxygens (including phenoxy) is 1. The number of fused-ring (bicyclic) bond motifs is 4. The highest BCUT2D eigenvalue weighted by Gasteiger charge is 2.40. The molecule has 0 saturated heterocycles. The second-order valence-electron chi connectivity index (χ2n) is 15.0. The van der Waals surface area contributed by atoms with Gasteiger partial charge in [-0.1, -0.05) is 6.07 Å². The fourth-order valence-electron chi connectivity index (χ4n) is 9.49. The van der Waals surface area contributed by atoms with Crippen molar-refractivity contribution in [1.82, 2.24) is 9.30 Å². The van der Waals surface area contributed by atoms with Gasteiger partial charge in [0.05, 0.1) is 10.5 Å². The molecule has 0 aliphatic carbocycles. The molecule has 0 radical (unpaired) electrons. The topological polar surface area (TPSA) is 144 Å². The van der Waals surface area contributed by atoms with Gasteiger partial charge < -0.3 is 22.9 Å². The summed E-state index contributed by atoms with van der Waals surface area (Å²) in [5.41, 5.74) is 7.60. The monoisotopic (exact) mass is 810 g/mol. The minimum atomic E-state index is -4.91. The van der Waals surface area contributed by atoms with Crippen LogP contribution in [-0.4, -0.2) is 82.7 Å². The molecule has 0 spiro atoms. The van der Waals surface area contributed by atoms with Gasteiger partial charge in [0, 0.05) is 97.1 Å². The first-order chi connectivity index (χ1) is 26.5. The lowest BCUT2D eigenvalue weighted by Crippen LogP contribution is -2.46. The van der Waals surface area contributed by atoms with Crippen molar-refractivity contribution in [2.45, 2.75) is 94.4 Å². The Morgan fingerprint density at radius 2 is 1.49 bits per heavy atom. The molecule has 0 unspecified atom stereocenters. The van der Waals surface area contributed by atoms with E-state index in [0.717, 1.165) is 117 Å². The molecule has 5 heterocycles. The average molecular weight is 811 g/mol. The van der Waals surface area contributed by atoms with Crippen molar-refractivity contribution in [2.75, 3.05) is 57.4 Å². The number of hydrogen-bond donors (Lipinski definition) is 2. The normalized spacial score (nSPS) is 17.6. The Balaban J connectivity index is 1.26. The van der Waals surface area contributed by atoms with Crippen molar-refractivity contribution in [2.24, 2.45) is 0 Å². The third-order valence-electron chi connectivity index (χ3n) is 11.5. The highest BCUT2D eigenvalue weighted by atomic mass is 32.2. The van der Waals surface area contributed by atoms with Crippen LogP contribution in [0.5, 0.6) is 11.5 Å². The smallest absolute Gasteiger partial charge is 0.455 e. The summed E-state index contributed by atoms with van der Waals surface area (Å²) in [5, 5.41) is 2.02. The van der Waals surface area contributed by atoms with E-state index >= 15 is 0 Å². The van der Waals surface area contributed by atoms with Crippen LogP contribution >= 0.6 is 0 Å². The molecule has 0 aromatic heterocycles. The lowest BCUT2D eigenvalue weighted by Gasteiger charge is -2.39. The van der Waals surface area contributed by atoms with Gasteiger partial charge in [0.2, 0.25) is 15.4 Å². The molecule has 8 rings (SSSR count). The van der Waals surface area contributed by atoms with Gasteiger partial charge >= 0.3 is 8.80 Å². The third kappa shape index (κ3) is 7.09. The van der Waals surface area contributed by atoms with E-state index in [4.69, 9.17) is 18.0 Å². The molecule has 296 valence electrons. The summed E-state index contributed by atoms with van der Waals surface area (Å²) in [5.74, 6) is 1.48. The number of anilines is 1. The Kier molecular flexibility index (Phi) is 10.8. The van der Waals surface area contributed by atoms with Crippen LogP contribution in [0.25, 0.3) is 5.57 Å². The summed E-state index contributed by atoms with van der Waals surface area (Å²) in [6, 6.07) is 8.77. The third-order valence-corrected chi connectivity index (χ3v) is 17.0. The zero-order valence-electron chi connectivity index (χ0n) is 32.0. The minimum Gasteiger partial charge on any atom is -0.455 e. The fraction of sp³-hybridized carbons (Fsp3) is 0.525. The first-order valence-corrected chi connectivity index (χ1v) is 24.8. The second kappa shape index (κ2) is 15.3. The lowest BCUT2D eigenvalue weighted by molar-refractivity contribution is 0.0709. The van der Waals surface area contributed by atoms with Crippen molar-refractivity contribution in [3.63, 3.8) is 0 Å². The Hall–Kier alpha value is -3.15. The predicted octanol–water partition coefficient (Wildman–Crippen LogP) is 4.09. The second-order valence-corrected chi connectivity index (χ2v) is 20.8. The van der Waals surface area contributed by atoms with Crippen LogP contribution in [-0.2, 0) is 59.1 Å². The minimum absolute atomic E-state index is 0.0541. The number of nitrogens with one attached hydrogen (secondary N) is 1. The van der Waals surface area contributed by atoms with E-state index in [1.807, 2.05) is 20.8 Å². The van der Waals surface area contributed by atoms with Crippen LogP contribution in [0.1, 0.15) is 86.3 Å². The summed E-state index contributed by atoms with van der Waals surface area (Å²) in [6.07, 6.45) is 7.88. The highest BCUT2D eigenvalue weighted by Crippen LogP contribution is 2.49. The maximum Gasteiger partial charge on any atom is 0.500 e. The van der Waals surface area contributed by atoms with E-state index < -0.39 is 33.8 Å². The standard InChI is InChI=1S/C40H51N3O9S2Si/c1-4-49-55(50-5-2,51-6-3)23-11-18-41-53(44,45)29-16-17-30(35(26-29)54(46,47)48)36-33-24-27-12-7-19-42-21-9-14-31(37(27)42)39(33)52-40-32-15-10-22-43-20-8-13-28(38(32)43)25-34(36)40/h16-17,24-26,41H,4-15,18-23H2,1-3H3/p+1. The number of hydrogen-bond acceptors (Lipinski definition) is 9. The van der Waals surface area contributed by atoms with Crippen molar-refractivity contribution in [3.8, 4) is 11.5 Å². The van der Waals surface area contributed by atoms with Crippen LogP contribution in [0, 0.1) is 0 Å². The van der Waals surface area contributed by atoms with Crippen molar-refractivity contribution in [3.05, 3.63) is 74.3 Å². The molecule has 5 aliphatic rings. The van der Waals surface area contributed by atoms with E-state index in [2.05, 4.69) is 26.3 Å². The molecule has 0 amide bonds. The predicted molar refractivity (Wildman–Crippen MR) is 212 cm³/mol. The molecule has 2 N–H and O–H groups in total. The fourth-order valence-corrected chi connectivity index (χ4v) is 14.0. The lowest BCUT2D eigenvalue weighted by atomic mass is 9.82. The van der Waals surface area contributed by atoms with Gasteiger partial charge in [-0.05, 0) is 95.5 Å². The Morgan fingerprint density at radius 3 is 2.20 bits per heavy atom. The number of nitrogens with zero attached hydrogens (tertiary/aromatic N) is 2. The average Bonchev–Trinajstić information content (AvgIpc) is 3.16. The van der Waals surface area contributed by atoms with Crippen molar-refractivity contribution < 1.29 is 39.4 Å². The quantitative estimate of drug-likeness (QED) is 0.0828. The van der Waals surface area contributed by atoms with Crippen LogP contribution in [0.15, 0.2) is 40.1 Å². The maximum absolute atomic E-state index is 13.8. The molecule has 5 aliphatic heterocycles. The summed E-state index contributed by atoms with van der Waals surface area (Å²) in [7, 11) is -12.1. The van der Waals surface area contributed by atoms with Gasteiger partial charge in [0.1, 0.15) is 29.5 Å². The molecule has 0 fully saturated rings. The SMILES string of the molecule is CCO[Si](CCCNS(=O)(=O)c1ccc(C2=c3cc4c5c(c3Oc3c2cc2c6c3CCCN6CCC2)CCC[N+]=5CCC4)c(S(=O)(=O)O)c1)(OCC)OCC. The molecule has 0 atom stereocenters. The van der Waals surface area contributed by atoms with Gasteiger partial charge in [0.15, 0.2) is 0 Å². The molecular weight excluding hydrogens is 759 g/mol. The molecule has 3 aromatic rings. The zero-order valence-corrected chi connectivity index (χ0v) is 34.7. The Labute approximate surface area is 325 Å². The van der Waals surface area contributed by atoms with E-state index in [1.54, 1.807) is 0 Å². The Morgan fingerprint density at radius 1 is 0.818 bits per heavy atom. The van der Waals surface area contributed by atoms with Gasteiger partial charge in [-0.15, -0.1) is 0 Å². The number of aryl methyl sites for hydroxylation is 2. The molecule has 0 saturated carbocycles. The van der Waals surface area contributed by atoms with Crippen molar-refractivity contribution in [1.29, 1.82) is 0 Å². The van der Waals surface area contributed by atoms with Crippen LogP contribution in [0.4, 0.5) is 5.69 Å². The molecule has 15 heteroatoms. The highest BCUT2D eigenvalue weighted by molar-refractivity contribution is 7.89. The molecule has 12 nitrogen and oxygen atoms in total. The molecular formula is C40H52N3O9S2Si+. The number of rotatable bonds is 14. The number of sulfonamides is 1. The van der Waals surface area contributed by atoms with E-state index in [0.29, 0.717) is 37.9 Å². The van der Waals surface area contributed by atoms with Crippen LogP contribution in [0.3, 0.4) is 0 Å². The summed E-state index contributed by atoms with van der Waals surface area (Å²) in [4.78, 5) is 1.74. The summed E-state index contributed by atoms with van der Waals surface area (Å²) < 4.78 is 95.1. The van der Waals surface area contributed by atoms with E-state index in [-0.39, 0.29) is 17.0 Å².